The smallest absolute Gasteiger partial charge is 0.150 e. The summed E-state index contributed by atoms with van der Waals surface area (Å²) in [6.07, 6.45) is 13.9. The Kier molecular flexibility index (Phi) is 7.35. The topological polar surface area (TPSA) is 50.2 Å². The second-order valence-electron chi connectivity index (χ2n) is 11.0. The molecule has 1 fully saturated rings. The summed E-state index contributed by atoms with van der Waals surface area (Å²) in [6, 6.07) is 8.46. The molecule has 1 aromatic heterocycles. The van der Waals surface area contributed by atoms with Crippen LogP contribution in [0.15, 0.2) is 53.9 Å². The van der Waals surface area contributed by atoms with Crippen molar-refractivity contribution in [1.29, 1.82) is 0 Å². The first kappa shape index (κ1) is 26.7. The molecule has 0 bridgehead atoms. The lowest BCUT2D eigenvalue weighted by Gasteiger charge is -2.27. The van der Waals surface area contributed by atoms with Crippen LogP contribution in [0.2, 0.25) is 0 Å². The lowest BCUT2D eigenvalue weighted by molar-refractivity contribution is 0.112. The molecule has 202 valence electrons. The van der Waals surface area contributed by atoms with Gasteiger partial charge in [0.1, 0.15) is 12.0 Å². The number of aldehydes is 1. The fourth-order valence-corrected chi connectivity index (χ4v) is 6.02. The van der Waals surface area contributed by atoms with Gasteiger partial charge in [0.15, 0.2) is 6.29 Å². The lowest BCUT2D eigenvalue weighted by atomic mass is 9.86. The largest absolute Gasteiger partial charge is 0.363 e. The summed E-state index contributed by atoms with van der Waals surface area (Å²) >= 11 is 0. The van der Waals surface area contributed by atoms with Crippen LogP contribution in [0.5, 0.6) is 0 Å². The fraction of sp³-hybridized carbons (Fsp3) is 0.353. The van der Waals surface area contributed by atoms with Crippen LogP contribution in [0.3, 0.4) is 0 Å². The zero-order valence-electron chi connectivity index (χ0n) is 24.1. The molecule has 0 amide bonds. The van der Waals surface area contributed by atoms with Gasteiger partial charge >= 0.3 is 0 Å². The Morgan fingerprint density at radius 3 is 2.44 bits per heavy atom. The van der Waals surface area contributed by atoms with Gasteiger partial charge in [-0.3, -0.25) is 4.79 Å². The van der Waals surface area contributed by atoms with E-state index in [2.05, 4.69) is 92.7 Å². The Morgan fingerprint density at radius 2 is 1.87 bits per heavy atom. The van der Waals surface area contributed by atoms with E-state index in [1.165, 1.54) is 17.7 Å². The molecule has 1 aliphatic heterocycles. The van der Waals surface area contributed by atoms with Crippen molar-refractivity contribution >= 4 is 35.3 Å². The molecule has 2 heterocycles. The van der Waals surface area contributed by atoms with E-state index in [1.54, 1.807) is 0 Å². The number of fused-ring (bicyclic) bond motifs is 1. The minimum atomic E-state index is -0.0720. The number of hydrogen-bond acceptors (Lipinski definition) is 4. The minimum Gasteiger partial charge on any atom is -0.363 e. The zero-order valence-corrected chi connectivity index (χ0v) is 24.1. The molecule has 0 radical (unpaired) electrons. The first-order valence-corrected chi connectivity index (χ1v) is 14.1. The third kappa shape index (κ3) is 4.44. The first-order chi connectivity index (χ1) is 18.8. The average Bonchev–Trinajstić information content (AvgIpc) is 3.41. The molecule has 0 spiro atoms. The van der Waals surface area contributed by atoms with E-state index >= 15 is 0 Å². The van der Waals surface area contributed by atoms with Gasteiger partial charge in [-0.15, -0.1) is 0 Å². The van der Waals surface area contributed by atoms with Crippen LogP contribution in [0.4, 0.5) is 0 Å². The Hall–Kier alpha value is -3.86. The summed E-state index contributed by atoms with van der Waals surface area (Å²) in [5, 5.41) is 7.94. The average molecular weight is 521 g/mol. The maximum absolute atomic E-state index is 12.6. The van der Waals surface area contributed by atoms with Crippen LogP contribution in [-0.4, -0.2) is 27.8 Å². The van der Waals surface area contributed by atoms with Gasteiger partial charge in [-0.1, -0.05) is 75.4 Å². The third-order valence-electron chi connectivity index (χ3n) is 8.22. The van der Waals surface area contributed by atoms with Crippen molar-refractivity contribution in [3.8, 4) is 11.4 Å². The molecule has 1 N–H and O–H groups in total. The van der Waals surface area contributed by atoms with Crippen molar-refractivity contribution in [3.63, 3.8) is 0 Å². The number of aromatic nitrogens is 2. The van der Waals surface area contributed by atoms with E-state index < -0.39 is 0 Å². The van der Waals surface area contributed by atoms with E-state index in [1.807, 2.05) is 19.1 Å². The number of nitrogens with one attached hydrogen (secondary N) is 1. The molecular formula is C34H40N4O. The second kappa shape index (κ2) is 10.7. The highest BCUT2D eigenvalue weighted by molar-refractivity contribution is 6.10. The zero-order chi connectivity index (χ0) is 27.8. The number of benzene rings is 2. The SMILES string of the molecule is C=CC1=C(C(C)C)NC(c2ccc(-c3nc(=C/C)/c(=C\CC)n3C)c3c(C=O)ccc(C=C4CCC4)c23)N1C. The number of likely N-dealkylation sites (N-methyl/N-ethyl adjacent to an activating group) is 1. The van der Waals surface area contributed by atoms with Crippen molar-refractivity contribution in [2.24, 2.45) is 13.0 Å². The Balaban J connectivity index is 1.85. The van der Waals surface area contributed by atoms with Crippen molar-refractivity contribution in [3.05, 3.63) is 81.3 Å². The van der Waals surface area contributed by atoms with Gasteiger partial charge in [0.05, 0.1) is 16.4 Å². The summed E-state index contributed by atoms with van der Waals surface area (Å²) in [7, 11) is 4.19. The fourth-order valence-electron chi connectivity index (χ4n) is 6.02. The molecule has 39 heavy (non-hydrogen) atoms. The van der Waals surface area contributed by atoms with Crippen LogP contribution in [0, 0.1) is 5.92 Å². The highest BCUT2D eigenvalue weighted by atomic mass is 16.1. The maximum atomic E-state index is 12.6. The van der Waals surface area contributed by atoms with E-state index in [0.717, 1.165) is 75.2 Å². The van der Waals surface area contributed by atoms with Crippen LogP contribution in [0.1, 0.15) is 81.0 Å². The standard InChI is InChI=1S/C34H40N4O/c1-8-12-29-27(9-2)35-33(38(29)7)26-18-17-25(34-36-32(21(4)5)28(10-3)37(34)6)30-23(19-22-13-11-14-22)15-16-24(20-39)31(26)30/h9-10,12,15-21,34,36H,3,8,11,13-14H2,1-2,4-7H3/b27-9+,29-12+. The number of rotatable bonds is 7. The molecule has 2 aliphatic rings. The Labute approximate surface area is 231 Å². The van der Waals surface area contributed by atoms with Gasteiger partial charge < -0.3 is 14.8 Å². The Morgan fingerprint density at radius 1 is 1.13 bits per heavy atom. The number of nitrogens with zero attached hydrogens (tertiary/aromatic N) is 3. The maximum Gasteiger partial charge on any atom is 0.150 e. The van der Waals surface area contributed by atoms with Crippen molar-refractivity contribution in [2.45, 2.75) is 59.5 Å². The first-order valence-electron chi connectivity index (χ1n) is 14.1. The molecule has 1 aliphatic carbocycles. The molecule has 5 nitrogen and oxygen atoms in total. The number of hydrogen-bond donors (Lipinski definition) is 1. The highest BCUT2D eigenvalue weighted by Crippen LogP contribution is 2.42. The van der Waals surface area contributed by atoms with E-state index in [4.69, 9.17) is 4.98 Å². The molecule has 3 aromatic rings. The van der Waals surface area contributed by atoms with Crippen molar-refractivity contribution in [2.75, 3.05) is 7.05 Å². The van der Waals surface area contributed by atoms with Crippen LogP contribution in [-0.2, 0) is 7.05 Å². The third-order valence-corrected chi connectivity index (χ3v) is 8.22. The summed E-state index contributed by atoms with van der Waals surface area (Å²) in [5.41, 5.74) is 7.74. The van der Waals surface area contributed by atoms with Gasteiger partial charge in [-0.2, -0.15) is 0 Å². The molecule has 5 rings (SSSR count). The summed E-state index contributed by atoms with van der Waals surface area (Å²) in [4.78, 5) is 19.9. The normalized spacial score (nSPS) is 18.3. The van der Waals surface area contributed by atoms with Gasteiger partial charge in [0, 0.05) is 41.9 Å². The molecular weight excluding hydrogens is 480 g/mol. The molecule has 0 saturated heterocycles. The predicted molar refractivity (Wildman–Crippen MR) is 163 cm³/mol. The van der Waals surface area contributed by atoms with Gasteiger partial charge in [-0.25, -0.2) is 4.98 Å². The summed E-state index contributed by atoms with van der Waals surface area (Å²) in [6.45, 7) is 12.7. The van der Waals surface area contributed by atoms with Crippen LogP contribution >= 0.6 is 0 Å². The number of imidazole rings is 1. The van der Waals surface area contributed by atoms with Gasteiger partial charge in [0.25, 0.3) is 0 Å². The molecule has 1 atom stereocenters. The molecule has 1 saturated carbocycles. The minimum absolute atomic E-state index is 0.0720. The van der Waals surface area contributed by atoms with Crippen LogP contribution in [0.25, 0.3) is 40.4 Å². The van der Waals surface area contributed by atoms with E-state index in [-0.39, 0.29) is 6.17 Å². The number of carbonyl (C=O) groups excluding carboxylic acids is 1. The van der Waals surface area contributed by atoms with Gasteiger partial charge in [0.2, 0.25) is 0 Å². The number of carbonyl (C=O) groups is 1. The predicted octanol–water partition coefficient (Wildman–Crippen LogP) is 6.20. The van der Waals surface area contributed by atoms with E-state index in [9.17, 15) is 4.79 Å². The second-order valence-corrected chi connectivity index (χ2v) is 11.0. The van der Waals surface area contributed by atoms with Crippen molar-refractivity contribution in [1.82, 2.24) is 19.8 Å². The summed E-state index contributed by atoms with van der Waals surface area (Å²) in [5.74, 6) is 1.21. The summed E-state index contributed by atoms with van der Waals surface area (Å²) < 4.78 is 2.16. The lowest BCUT2D eigenvalue weighted by Crippen LogP contribution is -2.28. The molecule has 1 unspecified atom stereocenters. The quantitative estimate of drug-likeness (QED) is 0.377. The van der Waals surface area contributed by atoms with E-state index in [0.29, 0.717) is 11.5 Å². The monoisotopic (exact) mass is 520 g/mol. The molecule has 2 aromatic carbocycles. The highest BCUT2D eigenvalue weighted by Gasteiger charge is 2.32. The van der Waals surface area contributed by atoms with Crippen LogP contribution < -0.4 is 16.0 Å². The Bertz CT molecular complexity index is 1640. The van der Waals surface area contributed by atoms with Crippen molar-refractivity contribution < 1.29 is 4.79 Å². The van der Waals surface area contributed by atoms with Gasteiger partial charge in [-0.05, 0) is 55.6 Å². The molecule has 5 heteroatoms. The number of allylic oxidation sites excluding steroid dienone is 3.